The Morgan fingerprint density at radius 2 is 2.00 bits per heavy atom. The summed E-state index contributed by atoms with van der Waals surface area (Å²) in [4.78, 5) is 15.0. The van der Waals surface area contributed by atoms with Crippen molar-refractivity contribution in [1.82, 2.24) is 14.7 Å². The van der Waals surface area contributed by atoms with Gasteiger partial charge < -0.3 is 5.32 Å². The Morgan fingerprint density at radius 3 is 2.82 bits per heavy atom. The normalized spacial score (nSPS) is 13.9. The van der Waals surface area contributed by atoms with Crippen LogP contribution in [0, 0.1) is 0 Å². The van der Waals surface area contributed by atoms with E-state index in [1.54, 1.807) is 12.1 Å². The third kappa shape index (κ3) is 4.43. The lowest BCUT2D eigenvalue weighted by Gasteiger charge is -2.29. The summed E-state index contributed by atoms with van der Waals surface area (Å²) >= 11 is 6.13. The first-order valence-corrected chi connectivity index (χ1v) is 9.94. The second-order valence-corrected chi connectivity index (χ2v) is 7.47. The van der Waals surface area contributed by atoms with Crippen LogP contribution in [0.15, 0.2) is 60.9 Å². The van der Waals surface area contributed by atoms with Crippen molar-refractivity contribution in [3.63, 3.8) is 0 Å². The number of fused-ring (bicyclic) bond motifs is 1. The molecule has 5 nitrogen and oxygen atoms in total. The molecule has 1 aliphatic heterocycles. The van der Waals surface area contributed by atoms with Crippen molar-refractivity contribution >= 4 is 23.2 Å². The molecule has 4 rings (SSSR count). The van der Waals surface area contributed by atoms with Gasteiger partial charge in [0.1, 0.15) is 0 Å². The van der Waals surface area contributed by atoms with Gasteiger partial charge in [-0.3, -0.25) is 14.4 Å². The highest BCUT2D eigenvalue weighted by molar-refractivity contribution is 6.34. The molecule has 0 atom stereocenters. The standard InChI is InChI=1S/C22H23ClN4O/c23-21-6-2-1-5-20(21)22(28)25-19-8-7-17-9-14-26(16-18(17)15-19)11-4-13-27-12-3-10-24-27/h1-3,5-8,10,12,15H,4,9,11,13-14,16H2,(H,25,28). The summed E-state index contributed by atoms with van der Waals surface area (Å²) in [6.07, 6.45) is 5.92. The second-order valence-electron chi connectivity index (χ2n) is 7.07. The molecule has 6 heteroatoms. The van der Waals surface area contributed by atoms with Crippen LogP contribution in [0.1, 0.15) is 27.9 Å². The fourth-order valence-electron chi connectivity index (χ4n) is 3.62. The Hall–Kier alpha value is -2.63. The van der Waals surface area contributed by atoms with Gasteiger partial charge in [0.15, 0.2) is 0 Å². The average molecular weight is 395 g/mol. The first-order chi connectivity index (χ1) is 13.7. The molecule has 3 aromatic rings. The molecule has 0 saturated carbocycles. The fourth-order valence-corrected chi connectivity index (χ4v) is 3.84. The number of hydrogen-bond donors (Lipinski definition) is 1. The van der Waals surface area contributed by atoms with E-state index in [0.29, 0.717) is 10.6 Å². The van der Waals surface area contributed by atoms with E-state index in [1.807, 2.05) is 41.3 Å². The zero-order valence-electron chi connectivity index (χ0n) is 15.6. The van der Waals surface area contributed by atoms with E-state index in [0.717, 1.165) is 44.7 Å². The molecule has 1 amide bonds. The number of nitrogens with zero attached hydrogens (tertiary/aromatic N) is 3. The van der Waals surface area contributed by atoms with E-state index in [-0.39, 0.29) is 5.91 Å². The van der Waals surface area contributed by atoms with Crippen LogP contribution < -0.4 is 5.32 Å². The number of amides is 1. The van der Waals surface area contributed by atoms with Gasteiger partial charge in [-0.2, -0.15) is 5.10 Å². The van der Waals surface area contributed by atoms with Crippen LogP contribution in [0.3, 0.4) is 0 Å². The van der Waals surface area contributed by atoms with Gasteiger partial charge in [0.2, 0.25) is 0 Å². The fraction of sp³-hybridized carbons (Fsp3) is 0.273. The monoisotopic (exact) mass is 394 g/mol. The van der Waals surface area contributed by atoms with Crippen LogP contribution in [-0.2, 0) is 19.5 Å². The van der Waals surface area contributed by atoms with Gasteiger partial charge in [-0.1, -0.05) is 29.8 Å². The molecule has 0 unspecified atom stereocenters. The van der Waals surface area contributed by atoms with Crippen LogP contribution in [-0.4, -0.2) is 33.7 Å². The van der Waals surface area contributed by atoms with Gasteiger partial charge in [-0.15, -0.1) is 0 Å². The molecular weight excluding hydrogens is 372 g/mol. The lowest BCUT2D eigenvalue weighted by atomic mass is 9.99. The molecular formula is C22H23ClN4O. The Kier molecular flexibility index (Phi) is 5.74. The van der Waals surface area contributed by atoms with Crippen LogP contribution in [0.4, 0.5) is 5.69 Å². The van der Waals surface area contributed by atoms with Crippen molar-refractivity contribution in [2.75, 3.05) is 18.4 Å². The quantitative estimate of drug-likeness (QED) is 0.680. The minimum absolute atomic E-state index is 0.183. The van der Waals surface area contributed by atoms with Crippen LogP contribution in [0.2, 0.25) is 5.02 Å². The van der Waals surface area contributed by atoms with Crippen molar-refractivity contribution in [3.8, 4) is 0 Å². The molecule has 28 heavy (non-hydrogen) atoms. The highest BCUT2D eigenvalue weighted by atomic mass is 35.5. The maximum Gasteiger partial charge on any atom is 0.257 e. The van der Waals surface area contributed by atoms with Gasteiger partial charge in [0.05, 0.1) is 10.6 Å². The summed E-state index contributed by atoms with van der Waals surface area (Å²) in [6, 6.07) is 15.2. The van der Waals surface area contributed by atoms with E-state index < -0.39 is 0 Å². The van der Waals surface area contributed by atoms with Crippen molar-refractivity contribution in [1.29, 1.82) is 0 Å². The van der Waals surface area contributed by atoms with Gasteiger partial charge in [0, 0.05) is 44.3 Å². The second kappa shape index (κ2) is 8.59. The summed E-state index contributed by atoms with van der Waals surface area (Å²) in [5, 5.41) is 7.69. The highest BCUT2D eigenvalue weighted by Gasteiger charge is 2.17. The lowest BCUT2D eigenvalue weighted by Crippen LogP contribution is -2.32. The van der Waals surface area contributed by atoms with Crippen LogP contribution in [0.25, 0.3) is 0 Å². The topological polar surface area (TPSA) is 50.2 Å². The third-order valence-electron chi connectivity index (χ3n) is 5.09. The van der Waals surface area contributed by atoms with E-state index in [1.165, 1.54) is 11.1 Å². The number of aromatic nitrogens is 2. The van der Waals surface area contributed by atoms with Crippen molar-refractivity contribution in [3.05, 3.63) is 82.6 Å². The molecule has 1 N–H and O–H groups in total. The number of rotatable bonds is 6. The Bertz CT molecular complexity index is 955. The van der Waals surface area contributed by atoms with Crippen LogP contribution in [0.5, 0.6) is 0 Å². The average Bonchev–Trinajstić information content (AvgIpc) is 3.21. The Labute approximate surface area is 169 Å². The van der Waals surface area contributed by atoms with Gasteiger partial charge >= 0.3 is 0 Å². The number of aryl methyl sites for hydroxylation is 1. The number of nitrogens with one attached hydrogen (secondary N) is 1. The molecule has 0 bridgehead atoms. The number of halogens is 1. The summed E-state index contributed by atoms with van der Waals surface area (Å²) in [5.41, 5.74) is 3.94. The highest BCUT2D eigenvalue weighted by Crippen LogP contribution is 2.24. The summed E-state index contributed by atoms with van der Waals surface area (Å²) in [7, 11) is 0. The Morgan fingerprint density at radius 1 is 1.11 bits per heavy atom. The van der Waals surface area contributed by atoms with Gasteiger partial charge in [-0.25, -0.2) is 0 Å². The first kappa shape index (κ1) is 18.7. The SMILES string of the molecule is O=C(Nc1ccc2c(c1)CN(CCCn1cccn1)CC2)c1ccccc1Cl. The largest absolute Gasteiger partial charge is 0.322 e. The molecule has 0 aliphatic carbocycles. The third-order valence-corrected chi connectivity index (χ3v) is 5.42. The molecule has 0 spiro atoms. The maximum atomic E-state index is 12.5. The lowest BCUT2D eigenvalue weighted by molar-refractivity contribution is 0.102. The predicted molar refractivity (Wildman–Crippen MR) is 112 cm³/mol. The van der Waals surface area contributed by atoms with Crippen molar-refractivity contribution < 1.29 is 4.79 Å². The number of carbonyl (C=O) groups excluding carboxylic acids is 1. The molecule has 2 aromatic carbocycles. The van der Waals surface area contributed by atoms with E-state index in [4.69, 9.17) is 11.6 Å². The van der Waals surface area contributed by atoms with Crippen LogP contribution >= 0.6 is 11.6 Å². The van der Waals surface area contributed by atoms with E-state index >= 15 is 0 Å². The van der Waals surface area contributed by atoms with E-state index in [9.17, 15) is 4.79 Å². The molecule has 0 fully saturated rings. The smallest absolute Gasteiger partial charge is 0.257 e. The maximum absolute atomic E-state index is 12.5. The molecule has 2 heterocycles. The molecule has 1 aromatic heterocycles. The molecule has 0 saturated heterocycles. The van der Waals surface area contributed by atoms with Gasteiger partial charge in [0.25, 0.3) is 5.91 Å². The molecule has 0 radical (unpaired) electrons. The predicted octanol–water partition coefficient (Wildman–Crippen LogP) is 4.24. The zero-order chi connectivity index (χ0) is 19.3. The molecule has 1 aliphatic rings. The summed E-state index contributed by atoms with van der Waals surface area (Å²) < 4.78 is 1.97. The number of benzene rings is 2. The minimum atomic E-state index is -0.183. The summed E-state index contributed by atoms with van der Waals surface area (Å²) in [6.45, 7) is 3.95. The minimum Gasteiger partial charge on any atom is -0.322 e. The zero-order valence-corrected chi connectivity index (χ0v) is 16.4. The van der Waals surface area contributed by atoms with Gasteiger partial charge in [-0.05, 0) is 54.3 Å². The van der Waals surface area contributed by atoms with Crippen molar-refractivity contribution in [2.45, 2.75) is 25.9 Å². The first-order valence-electron chi connectivity index (χ1n) is 9.56. The van der Waals surface area contributed by atoms with Crippen molar-refractivity contribution in [2.24, 2.45) is 0 Å². The Balaban J connectivity index is 1.38. The summed E-state index contributed by atoms with van der Waals surface area (Å²) in [5.74, 6) is -0.183. The number of carbonyl (C=O) groups is 1. The molecule has 144 valence electrons. The number of hydrogen-bond acceptors (Lipinski definition) is 3. The van der Waals surface area contributed by atoms with E-state index in [2.05, 4.69) is 27.4 Å². The number of anilines is 1.